The smallest absolute Gasteiger partial charge is 0.314 e. The average Bonchev–Trinajstić information content (AvgIpc) is 3.21. The van der Waals surface area contributed by atoms with E-state index < -0.39 is 5.60 Å². The first kappa shape index (κ1) is 17.4. The van der Waals surface area contributed by atoms with Gasteiger partial charge in [-0.25, -0.2) is 4.79 Å². The average molecular weight is 344 g/mol. The summed E-state index contributed by atoms with van der Waals surface area (Å²) in [5.74, 6) is 2.12. The molecule has 1 aliphatic rings. The molecule has 1 aromatic heterocycles. The van der Waals surface area contributed by atoms with Gasteiger partial charge in [-0.15, -0.1) is 0 Å². The van der Waals surface area contributed by atoms with Crippen LogP contribution in [0.1, 0.15) is 29.6 Å². The summed E-state index contributed by atoms with van der Waals surface area (Å²) in [6, 6.07) is 9.32. The number of rotatable bonds is 6. The van der Waals surface area contributed by atoms with Crippen LogP contribution in [-0.4, -0.2) is 30.8 Å². The van der Waals surface area contributed by atoms with Gasteiger partial charge in [0.15, 0.2) is 0 Å². The lowest BCUT2D eigenvalue weighted by Gasteiger charge is -2.21. The van der Waals surface area contributed by atoms with Crippen LogP contribution >= 0.6 is 0 Å². The van der Waals surface area contributed by atoms with Crippen LogP contribution in [0, 0.1) is 6.92 Å². The van der Waals surface area contributed by atoms with Crippen LogP contribution in [0.4, 0.5) is 4.79 Å². The Bertz CT molecular complexity index is 752. The molecule has 134 valence electrons. The molecule has 1 aliphatic heterocycles. The van der Waals surface area contributed by atoms with Crippen molar-refractivity contribution in [2.75, 3.05) is 19.7 Å². The van der Waals surface area contributed by atoms with Crippen LogP contribution in [0.25, 0.3) is 0 Å². The summed E-state index contributed by atoms with van der Waals surface area (Å²) in [6.07, 6.45) is 1.69. The highest BCUT2D eigenvalue weighted by atomic mass is 16.5. The van der Waals surface area contributed by atoms with Gasteiger partial charge >= 0.3 is 6.03 Å². The number of carbonyl (C=O) groups is 1. The van der Waals surface area contributed by atoms with E-state index in [-0.39, 0.29) is 12.6 Å². The zero-order valence-corrected chi connectivity index (χ0v) is 14.6. The SMILES string of the molecule is Cc1ccc([C@](C)(O)CNC(=O)NCCc2ccc3c(c2)CCO3)o1. The van der Waals surface area contributed by atoms with Crippen molar-refractivity contribution in [2.24, 2.45) is 0 Å². The van der Waals surface area contributed by atoms with Gasteiger partial charge in [0, 0.05) is 13.0 Å². The third-order valence-electron chi connectivity index (χ3n) is 4.32. The molecule has 0 saturated heterocycles. The molecule has 1 atom stereocenters. The summed E-state index contributed by atoms with van der Waals surface area (Å²) >= 11 is 0. The summed E-state index contributed by atoms with van der Waals surface area (Å²) in [6.45, 7) is 4.76. The van der Waals surface area contributed by atoms with E-state index in [1.807, 2.05) is 19.1 Å². The molecular weight excluding hydrogens is 320 g/mol. The number of hydrogen-bond donors (Lipinski definition) is 3. The third kappa shape index (κ3) is 4.33. The highest BCUT2D eigenvalue weighted by Gasteiger charge is 2.27. The normalized spacial score (nSPS) is 15.2. The summed E-state index contributed by atoms with van der Waals surface area (Å²) in [4.78, 5) is 11.9. The minimum atomic E-state index is -1.24. The molecule has 3 rings (SSSR count). The molecule has 6 heteroatoms. The molecule has 0 saturated carbocycles. The quantitative estimate of drug-likeness (QED) is 0.751. The van der Waals surface area contributed by atoms with Gasteiger partial charge in [-0.05, 0) is 49.6 Å². The first-order chi connectivity index (χ1) is 11.9. The van der Waals surface area contributed by atoms with Crippen LogP contribution < -0.4 is 15.4 Å². The van der Waals surface area contributed by atoms with E-state index >= 15 is 0 Å². The Labute approximate surface area is 147 Å². The summed E-state index contributed by atoms with van der Waals surface area (Å²) < 4.78 is 10.9. The minimum absolute atomic E-state index is 0.0714. The fourth-order valence-electron chi connectivity index (χ4n) is 2.84. The zero-order valence-electron chi connectivity index (χ0n) is 14.6. The number of hydrogen-bond acceptors (Lipinski definition) is 4. The number of ether oxygens (including phenoxy) is 1. The van der Waals surface area contributed by atoms with Gasteiger partial charge in [0.2, 0.25) is 0 Å². The van der Waals surface area contributed by atoms with Crippen molar-refractivity contribution >= 4 is 6.03 Å². The van der Waals surface area contributed by atoms with Crippen LogP contribution in [0.3, 0.4) is 0 Å². The molecule has 0 bridgehead atoms. The second-order valence-corrected chi connectivity index (χ2v) is 6.58. The molecule has 0 aliphatic carbocycles. The van der Waals surface area contributed by atoms with Crippen molar-refractivity contribution < 1.29 is 19.1 Å². The van der Waals surface area contributed by atoms with Gasteiger partial charge < -0.3 is 24.9 Å². The van der Waals surface area contributed by atoms with Gasteiger partial charge in [-0.2, -0.15) is 0 Å². The molecule has 0 spiro atoms. The van der Waals surface area contributed by atoms with Gasteiger partial charge in [0.05, 0.1) is 13.2 Å². The van der Waals surface area contributed by atoms with Crippen molar-refractivity contribution in [1.29, 1.82) is 0 Å². The predicted octanol–water partition coefficient (Wildman–Crippen LogP) is 2.27. The van der Waals surface area contributed by atoms with Crippen LogP contribution in [-0.2, 0) is 18.4 Å². The number of carbonyl (C=O) groups excluding carboxylic acids is 1. The fourth-order valence-corrected chi connectivity index (χ4v) is 2.84. The first-order valence-electron chi connectivity index (χ1n) is 8.50. The van der Waals surface area contributed by atoms with Gasteiger partial charge in [-0.3, -0.25) is 0 Å². The second kappa shape index (κ2) is 7.19. The summed E-state index contributed by atoms with van der Waals surface area (Å²) in [5.41, 5.74) is 1.15. The molecule has 0 fully saturated rings. The molecular formula is C19H24N2O4. The fraction of sp³-hybridized carbons (Fsp3) is 0.421. The molecule has 2 aromatic rings. The summed E-state index contributed by atoms with van der Waals surface area (Å²) in [7, 11) is 0. The lowest BCUT2D eigenvalue weighted by atomic mass is 10.0. The number of amides is 2. The van der Waals surface area contributed by atoms with E-state index in [2.05, 4.69) is 16.7 Å². The van der Waals surface area contributed by atoms with Crippen molar-refractivity contribution in [1.82, 2.24) is 10.6 Å². The predicted molar refractivity (Wildman–Crippen MR) is 93.8 cm³/mol. The molecule has 2 amide bonds. The van der Waals surface area contributed by atoms with Crippen molar-refractivity contribution in [3.63, 3.8) is 0 Å². The first-order valence-corrected chi connectivity index (χ1v) is 8.50. The van der Waals surface area contributed by atoms with Crippen molar-refractivity contribution in [3.05, 3.63) is 53.0 Å². The third-order valence-corrected chi connectivity index (χ3v) is 4.32. The number of furan rings is 1. The van der Waals surface area contributed by atoms with Gasteiger partial charge in [-0.1, -0.05) is 12.1 Å². The van der Waals surface area contributed by atoms with Crippen LogP contribution in [0.15, 0.2) is 34.7 Å². The molecule has 0 unspecified atom stereocenters. The molecule has 3 N–H and O–H groups in total. The van der Waals surface area contributed by atoms with Crippen molar-refractivity contribution in [3.8, 4) is 5.75 Å². The Balaban J connectivity index is 1.42. The van der Waals surface area contributed by atoms with Gasteiger partial charge in [0.25, 0.3) is 0 Å². The lowest BCUT2D eigenvalue weighted by Crippen LogP contribution is -2.43. The highest BCUT2D eigenvalue weighted by Crippen LogP contribution is 2.26. The molecule has 0 radical (unpaired) electrons. The largest absolute Gasteiger partial charge is 0.493 e. The van der Waals surface area contributed by atoms with E-state index in [1.54, 1.807) is 19.1 Å². The number of aliphatic hydroxyl groups is 1. The van der Waals surface area contributed by atoms with Crippen LogP contribution in [0.2, 0.25) is 0 Å². The Hall–Kier alpha value is -2.47. The summed E-state index contributed by atoms with van der Waals surface area (Å²) in [5, 5.41) is 15.9. The number of nitrogens with one attached hydrogen (secondary N) is 2. The molecule has 1 aromatic carbocycles. The standard InChI is InChI=1S/C19H24N2O4/c1-13-3-6-17(25-13)19(2,23)12-21-18(22)20-9-7-14-4-5-16-15(11-14)8-10-24-16/h3-6,11,23H,7-10,12H2,1-2H3,(H2,20,21,22)/t19-/m1/s1. The topological polar surface area (TPSA) is 83.7 Å². The maximum Gasteiger partial charge on any atom is 0.314 e. The van der Waals surface area contributed by atoms with E-state index in [4.69, 9.17) is 9.15 Å². The number of benzene rings is 1. The Morgan fingerprint density at radius 1 is 1.28 bits per heavy atom. The lowest BCUT2D eigenvalue weighted by molar-refractivity contribution is 0.0360. The second-order valence-electron chi connectivity index (χ2n) is 6.58. The number of urea groups is 1. The van der Waals surface area contributed by atoms with E-state index in [0.29, 0.717) is 12.3 Å². The van der Waals surface area contributed by atoms with Crippen LogP contribution in [0.5, 0.6) is 5.75 Å². The maximum atomic E-state index is 11.9. The highest BCUT2D eigenvalue weighted by molar-refractivity contribution is 5.73. The molecule has 25 heavy (non-hydrogen) atoms. The minimum Gasteiger partial charge on any atom is -0.493 e. The van der Waals surface area contributed by atoms with E-state index in [0.717, 1.165) is 31.0 Å². The maximum absolute atomic E-state index is 11.9. The van der Waals surface area contributed by atoms with Gasteiger partial charge in [0.1, 0.15) is 22.9 Å². The Morgan fingerprint density at radius 2 is 2.12 bits per heavy atom. The Morgan fingerprint density at radius 3 is 2.88 bits per heavy atom. The van der Waals surface area contributed by atoms with E-state index in [9.17, 15) is 9.90 Å². The van der Waals surface area contributed by atoms with Crippen molar-refractivity contribution in [2.45, 2.75) is 32.3 Å². The van der Waals surface area contributed by atoms with E-state index in [1.165, 1.54) is 11.1 Å². The molecule has 6 nitrogen and oxygen atoms in total. The monoisotopic (exact) mass is 344 g/mol. The number of aryl methyl sites for hydroxylation is 1. The Kier molecular flexibility index (Phi) is 4.99. The number of fused-ring (bicyclic) bond motifs is 1. The zero-order chi connectivity index (χ0) is 17.9. The molecule has 2 heterocycles.